The van der Waals surface area contributed by atoms with Gasteiger partial charge in [-0.3, -0.25) is 4.90 Å². The van der Waals surface area contributed by atoms with Crippen LogP contribution in [-0.2, 0) is 11.3 Å². The van der Waals surface area contributed by atoms with Gasteiger partial charge >= 0.3 is 0 Å². The van der Waals surface area contributed by atoms with Crippen LogP contribution in [0.1, 0.15) is 29.5 Å². The lowest BCUT2D eigenvalue weighted by atomic mass is 10.0. The third kappa shape index (κ3) is 3.96. The molecule has 1 aliphatic heterocycles. The fourth-order valence-corrected chi connectivity index (χ4v) is 3.00. The fourth-order valence-electron chi connectivity index (χ4n) is 3.00. The average Bonchev–Trinajstić information content (AvgIpc) is 2.93. The van der Waals surface area contributed by atoms with Gasteiger partial charge in [-0.15, -0.1) is 0 Å². The third-order valence-electron chi connectivity index (χ3n) is 4.54. The molecule has 0 spiro atoms. The smallest absolute Gasteiger partial charge is 0.122 e. The number of benzene rings is 1. The molecule has 21 heavy (non-hydrogen) atoms. The van der Waals surface area contributed by atoms with Crippen LogP contribution >= 0.6 is 0 Å². The van der Waals surface area contributed by atoms with E-state index in [1.54, 1.807) is 7.11 Å². The highest BCUT2D eigenvalue weighted by Gasteiger charge is 2.23. The van der Waals surface area contributed by atoms with Gasteiger partial charge in [0, 0.05) is 26.2 Å². The van der Waals surface area contributed by atoms with Crippen molar-refractivity contribution in [2.24, 2.45) is 5.73 Å². The molecule has 4 nitrogen and oxygen atoms in total. The number of ether oxygens (including phenoxy) is 2. The van der Waals surface area contributed by atoms with E-state index in [0.29, 0.717) is 19.3 Å². The summed E-state index contributed by atoms with van der Waals surface area (Å²) < 4.78 is 10.8. The lowest BCUT2D eigenvalue weighted by Gasteiger charge is -2.25. The molecule has 1 aromatic carbocycles. The third-order valence-corrected chi connectivity index (χ3v) is 4.54. The van der Waals surface area contributed by atoms with E-state index in [1.165, 1.54) is 29.5 Å². The largest absolute Gasteiger partial charge is 0.491 e. The number of rotatable bonds is 7. The second-order valence-electron chi connectivity index (χ2n) is 5.82. The maximum Gasteiger partial charge on any atom is 0.122 e. The van der Waals surface area contributed by atoms with Gasteiger partial charge in [0.25, 0.3) is 0 Å². The zero-order valence-corrected chi connectivity index (χ0v) is 13.5. The molecule has 0 bridgehead atoms. The Hall–Kier alpha value is -1.10. The second-order valence-corrected chi connectivity index (χ2v) is 5.82. The van der Waals surface area contributed by atoms with Crippen molar-refractivity contribution in [2.45, 2.75) is 39.3 Å². The number of hydrogen-bond donors (Lipinski definition) is 1. The summed E-state index contributed by atoms with van der Waals surface area (Å²) in [7, 11) is 1.69. The number of likely N-dealkylation sites (tertiary alicyclic amines) is 1. The molecule has 1 heterocycles. The Kier molecular flexibility index (Phi) is 6.03. The maximum absolute atomic E-state index is 5.86. The van der Waals surface area contributed by atoms with Crippen LogP contribution in [0.2, 0.25) is 0 Å². The zero-order chi connectivity index (χ0) is 15.2. The van der Waals surface area contributed by atoms with Gasteiger partial charge < -0.3 is 15.2 Å². The lowest BCUT2D eigenvalue weighted by Crippen LogP contribution is -2.35. The van der Waals surface area contributed by atoms with Crippen molar-refractivity contribution in [1.82, 2.24) is 4.90 Å². The van der Waals surface area contributed by atoms with Gasteiger partial charge in [-0.1, -0.05) is 6.07 Å². The molecule has 0 unspecified atom stereocenters. The minimum absolute atomic E-state index is 0.544. The van der Waals surface area contributed by atoms with E-state index in [1.807, 2.05) is 0 Å². The van der Waals surface area contributed by atoms with Gasteiger partial charge in [-0.05, 0) is 56.0 Å². The molecule has 1 aliphatic rings. The lowest BCUT2D eigenvalue weighted by molar-refractivity contribution is 0.146. The predicted molar refractivity (Wildman–Crippen MR) is 85.8 cm³/mol. The highest BCUT2D eigenvalue weighted by Crippen LogP contribution is 2.27. The molecular formula is C17H28N2O2. The maximum atomic E-state index is 5.86. The molecule has 1 fully saturated rings. The molecule has 0 saturated carbocycles. The van der Waals surface area contributed by atoms with Gasteiger partial charge in [0.2, 0.25) is 0 Å². The van der Waals surface area contributed by atoms with Gasteiger partial charge in [-0.25, -0.2) is 0 Å². The first kappa shape index (κ1) is 16.3. The van der Waals surface area contributed by atoms with Gasteiger partial charge in [0.05, 0.1) is 6.61 Å². The summed E-state index contributed by atoms with van der Waals surface area (Å²) in [6.45, 7) is 8.44. The summed E-state index contributed by atoms with van der Waals surface area (Å²) in [6, 6.07) is 4.82. The quantitative estimate of drug-likeness (QED) is 0.783. The van der Waals surface area contributed by atoms with Crippen LogP contribution in [-0.4, -0.2) is 44.4 Å². The summed E-state index contributed by atoms with van der Waals surface area (Å²) in [4.78, 5) is 2.51. The molecule has 0 aromatic heterocycles. The summed E-state index contributed by atoms with van der Waals surface area (Å²) in [5, 5.41) is 0. The van der Waals surface area contributed by atoms with Crippen LogP contribution in [0.5, 0.6) is 5.75 Å². The minimum Gasteiger partial charge on any atom is -0.491 e. The molecule has 2 N–H and O–H groups in total. The van der Waals surface area contributed by atoms with Crippen molar-refractivity contribution in [3.8, 4) is 5.75 Å². The molecule has 118 valence electrons. The first-order chi connectivity index (χ1) is 10.2. The number of nitrogens with zero attached hydrogens (tertiary/aromatic N) is 1. The first-order valence-electron chi connectivity index (χ1n) is 7.82. The predicted octanol–water partition coefficient (Wildman–Crippen LogP) is 2.25. The Balaban J connectivity index is 2.05. The number of hydrogen-bond acceptors (Lipinski definition) is 4. The topological polar surface area (TPSA) is 47.7 Å². The Labute approximate surface area is 128 Å². The van der Waals surface area contributed by atoms with Crippen molar-refractivity contribution in [3.63, 3.8) is 0 Å². The summed E-state index contributed by atoms with van der Waals surface area (Å²) in [6.07, 6.45) is 2.49. The SMILES string of the molecule is COCCOc1ccc(CN2CCC[C@@H]2CN)c(C)c1C. The average molecular weight is 292 g/mol. The van der Waals surface area contributed by atoms with E-state index in [2.05, 4.69) is 30.9 Å². The summed E-state index contributed by atoms with van der Waals surface area (Å²) in [5.41, 5.74) is 9.80. The van der Waals surface area contributed by atoms with Crippen LogP contribution in [0.15, 0.2) is 12.1 Å². The van der Waals surface area contributed by atoms with Gasteiger partial charge in [0.1, 0.15) is 12.4 Å². The Morgan fingerprint density at radius 3 is 2.76 bits per heavy atom. The molecule has 4 heteroatoms. The molecule has 1 aromatic rings. The second kappa shape index (κ2) is 7.78. The monoisotopic (exact) mass is 292 g/mol. The molecule has 1 saturated heterocycles. The van der Waals surface area contributed by atoms with Crippen molar-refractivity contribution in [3.05, 3.63) is 28.8 Å². The standard InChI is InChI=1S/C17H28N2O2/c1-13-14(2)17(21-10-9-20-3)7-6-15(13)12-19-8-4-5-16(19)11-18/h6-7,16H,4-5,8-12,18H2,1-3H3/t16-/m1/s1. The van der Waals surface area contributed by atoms with E-state index >= 15 is 0 Å². The number of nitrogens with two attached hydrogens (primary N) is 1. The summed E-state index contributed by atoms with van der Waals surface area (Å²) in [5.74, 6) is 0.963. The summed E-state index contributed by atoms with van der Waals surface area (Å²) >= 11 is 0. The molecular weight excluding hydrogens is 264 g/mol. The molecule has 2 rings (SSSR count). The van der Waals surface area contributed by atoms with Crippen molar-refractivity contribution in [2.75, 3.05) is 33.4 Å². The Morgan fingerprint density at radius 1 is 1.24 bits per heavy atom. The van der Waals surface area contributed by atoms with Gasteiger partial charge in [-0.2, -0.15) is 0 Å². The van der Waals surface area contributed by atoms with Crippen LogP contribution in [0.4, 0.5) is 0 Å². The highest BCUT2D eigenvalue weighted by atomic mass is 16.5. The zero-order valence-electron chi connectivity index (χ0n) is 13.5. The van der Waals surface area contributed by atoms with E-state index in [0.717, 1.165) is 25.4 Å². The van der Waals surface area contributed by atoms with E-state index in [4.69, 9.17) is 15.2 Å². The number of methoxy groups -OCH3 is 1. The Morgan fingerprint density at radius 2 is 2.05 bits per heavy atom. The molecule has 1 atom stereocenters. The molecule has 0 amide bonds. The van der Waals surface area contributed by atoms with Crippen LogP contribution in [0.3, 0.4) is 0 Å². The normalized spacial score (nSPS) is 19.1. The van der Waals surface area contributed by atoms with E-state index < -0.39 is 0 Å². The minimum atomic E-state index is 0.544. The highest BCUT2D eigenvalue weighted by molar-refractivity contribution is 5.43. The van der Waals surface area contributed by atoms with Crippen molar-refractivity contribution >= 4 is 0 Å². The van der Waals surface area contributed by atoms with Gasteiger partial charge in [0.15, 0.2) is 0 Å². The van der Waals surface area contributed by atoms with Crippen molar-refractivity contribution < 1.29 is 9.47 Å². The first-order valence-corrected chi connectivity index (χ1v) is 7.82. The van der Waals surface area contributed by atoms with E-state index in [-0.39, 0.29) is 0 Å². The fraction of sp³-hybridized carbons (Fsp3) is 0.647. The van der Waals surface area contributed by atoms with E-state index in [9.17, 15) is 0 Å². The van der Waals surface area contributed by atoms with Crippen LogP contribution in [0.25, 0.3) is 0 Å². The van der Waals surface area contributed by atoms with Crippen molar-refractivity contribution in [1.29, 1.82) is 0 Å². The molecule has 0 radical (unpaired) electrons. The Bertz CT molecular complexity index is 462. The molecule has 0 aliphatic carbocycles. The van der Waals surface area contributed by atoms with Crippen LogP contribution < -0.4 is 10.5 Å². The van der Waals surface area contributed by atoms with Crippen LogP contribution in [0, 0.1) is 13.8 Å².